The van der Waals surface area contributed by atoms with Crippen molar-refractivity contribution in [3.8, 4) is 5.75 Å². The lowest BCUT2D eigenvalue weighted by Crippen LogP contribution is -2.28. The van der Waals surface area contributed by atoms with Crippen molar-refractivity contribution >= 4 is 17.5 Å². The van der Waals surface area contributed by atoms with Crippen LogP contribution in [-0.2, 0) is 16.1 Å². The number of hydrogen-bond donors (Lipinski definition) is 0. The van der Waals surface area contributed by atoms with Crippen molar-refractivity contribution in [2.75, 3.05) is 13.2 Å². The molecule has 1 unspecified atom stereocenters. The third-order valence-corrected chi connectivity index (χ3v) is 4.10. The van der Waals surface area contributed by atoms with Crippen molar-refractivity contribution < 1.29 is 18.7 Å². The molecule has 0 N–H and O–H groups in total. The summed E-state index contributed by atoms with van der Waals surface area (Å²) in [6.07, 6.45) is -0.556. The summed E-state index contributed by atoms with van der Waals surface area (Å²) >= 11 is 5.71. The van der Waals surface area contributed by atoms with Gasteiger partial charge in [0.25, 0.3) is 5.91 Å². The lowest BCUT2D eigenvalue weighted by Gasteiger charge is -2.25. The van der Waals surface area contributed by atoms with Gasteiger partial charge in [-0.3, -0.25) is 4.79 Å². The molecule has 4 nitrogen and oxygen atoms in total. The Bertz CT molecular complexity index is 753. The number of carbonyl (C=O) groups is 1. The molecule has 1 atom stereocenters. The summed E-state index contributed by atoms with van der Waals surface area (Å²) in [6.45, 7) is 2.63. The molecule has 2 aromatic carbocycles. The Morgan fingerprint density at radius 2 is 2.12 bits per heavy atom. The van der Waals surface area contributed by atoms with Gasteiger partial charge in [0.05, 0.1) is 11.6 Å². The molecule has 2 aromatic rings. The van der Waals surface area contributed by atoms with Gasteiger partial charge in [-0.15, -0.1) is 0 Å². The molecule has 0 radical (unpaired) electrons. The summed E-state index contributed by atoms with van der Waals surface area (Å²) in [6, 6.07) is 11.9. The third kappa shape index (κ3) is 3.37. The van der Waals surface area contributed by atoms with Crippen molar-refractivity contribution in [3.63, 3.8) is 0 Å². The summed E-state index contributed by atoms with van der Waals surface area (Å²) in [4.78, 5) is 13.8. The molecule has 1 heterocycles. The van der Waals surface area contributed by atoms with E-state index in [4.69, 9.17) is 21.1 Å². The Morgan fingerprint density at radius 1 is 1.33 bits per heavy atom. The summed E-state index contributed by atoms with van der Waals surface area (Å²) < 4.78 is 24.9. The van der Waals surface area contributed by atoms with Gasteiger partial charge < -0.3 is 14.4 Å². The number of hydrogen-bond acceptors (Lipinski definition) is 3. The molecular weight excluding hydrogens is 333 g/mol. The van der Waals surface area contributed by atoms with Crippen LogP contribution in [0.25, 0.3) is 0 Å². The monoisotopic (exact) mass is 349 g/mol. The molecular formula is C18H17ClFNO3. The molecule has 24 heavy (non-hydrogen) atoms. The van der Waals surface area contributed by atoms with E-state index in [1.165, 1.54) is 12.1 Å². The lowest BCUT2D eigenvalue weighted by molar-refractivity contribution is -0.128. The zero-order valence-electron chi connectivity index (χ0n) is 13.2. The zero-order chi connectivity index (χ0) is 17.1. The molecule has 3 rings (SSSR count). The van der Waals surface area contributed by atoms with E-state index in [1.807, 2.05) is 31.2 Å². The molecule has 1 fully saturated rings. The van der Waals surface area contributed by atoms with Gasteiger partial charge in [-0.25, -0.2) is 4.39 Å². The quantitative estimate of drug-likeness (QED) is 0.820. The molecule has 6 heteroatoms. The van der Waals surface area contributed by atoms with Gasteiger partial charge in [-0.05, 0) is 30.7 Å². The maximum absolute atomic E-state index is 13.6. The molecule has 1 amide bonds. The molecule has 1 aliphatic heterocycles. The average molecular weight is 350 g/mol. The minimum absolute atomic E-state index is 0.0127. The highest BCUT2D eigenvalue weighted by atomic mass is 35.5. The summed E-state index contributed by atoms with van der Waals surface area (Å²) in [5, 5.41) is 0.0565. The van der Waals surface area contributed by atoms with E-state index in [2.05, 4.69) is 0 Å². The largest absolute Gasteiger partial charge is 0.493 e. The van der Waals surface area contributed by atoms with Crippen LogP contribution in [0.5, 0.6) is 5.75 Å². The molecule has 0 bridgehead atoms. The Morgan fingerprint density at radius 3 is 2.88 bits per heavy atom. The number of rotatable bonds is 5. The number of nitrogens with zero attached hydrogens (tertiary/aromatic N) is 1. The predicted octanol–water partition coefficient (Wildman–Crippen LogP) is 3.94. The first-order valence-electron chi connectivity index (χ1n) is 7.67. The maximum Gasteiger partial charge on any atom is 0.251 e. The molecule has 0 saturated carbocycles. The van der Waals surface area contributed by atoms with Gasteiger partial charge in [0.1, 0.15) is 18.2 Å². The second kappa shape index (κ2) is 7.20. The van der Waals surface area contributed by atoms with Gasteiger partial charge in [0.2, 0.25) is 0 Å². The van der Waals surface area contributed by atoms with Crippen LogP contribution >= 0.6 is 11.6 Å². The SMILES string of the molecule is CCOc1ccccc1C1OCC(=O)N1Cc1ccc(Cl)c(F)c1. The first kappa shape index (κ1) is 16.7. The second-order valence-electron chi connectivity index (χ2n) is 5.40. The number of ether oxygens (including phenoxy) is 2. The standard InChI is InChI=1S/C18H17ClFNO3/c1-2-23-16-6-4-3-5-13(16)18-21(17(22)11-24-18)10-12-7-8-14(19)15(20)9-12/h3-9,18H,2,10-11H2,1H3. The summed E-state index contributed by atoms with van der Waals surface area (Å²) in [5.74, 6) is 0.0154. The van der Waals surface area contributed by atoms with Gasteiger partial charge >= 0.3 is 0 Å². The molecule has 0 spiro atoms. The molecule has 0 aliphatic carbocycles. The summed E-state index contributed by atoms with van der Waals surface area (Å²) in [7, 11) is 0. The Labute approximate surface area is 144 Å². The van der Waals surface area contributed by atoms with E-state index in [-0.39, 0.29) is 24.1 Å². The zero-order valence-corrected chi connectivity index (χ0v) is 13.9. The van der Waals surface area contributed by atoms with Crippen molar-refractivity contribution in [1.82, 2.24) is 4.90 Å². The van der Waals surface area contributed by atoms with E-state index in [0.717, 1.165) is 5.56 Å². The first-order valence-corrected chi connectivity index (χ1v) is 8.04. The Kier molecular flexibility index (Phi) is 5.02. The number of benzene rings is 2. The van der Waals surface area contributed by atoms with Crippen LogP contribution in [0.2, 0.25) is 5.02 Å². The smallest absolute Gasteiger partial charge is 0.251 e. The second-order valence-corrected chi connectivity index (χ2v) is 5.81. The van der Waals surface area contributed by atoms with Crippen molar-refractivity contribution in [2.24, 2.45) is 0 Å². The molecule has 1 saturated heterocycles. The molecule has 1 aliphatic rings. The Hall–Kier alpha value is -2.11. The van der Waals surface area contributed by atoms with Gasteiger partial charge in [-0.2, -0.15) is 0 Å². The topological polar surface area (TPSA) is 38.8 Å². The van der Waals surface area contributed by atoms with Crippen LogP contribution < -0.4 is 4.74 Å². The normalized spacial score (nSPS) is 17.4. The van der Waals surface area contributed by atoms with Crippen molar-refractivity contribution in [1.29, 1.82) is 0 Å². The first-order chi connectivity index (χ1) is 11.6. The van der Waals surface area contributed by atoms with Gasteiger partial charge in [0.15, 0.2) is 6.23 Å². The predicted molar refractivity (Wildman–Crippen MR) is 88.3 cm³/mol. The minimum Gasteiger partial charge on any atom is -0.493 e. The highest BCUT2D eigenvalue weighted by Crippen LogP contribution is 2.35. The van der Waals surface area contributed by atoms with E-state index in [0.29, 0.717) is 17.9 Å². The van der Waals surface area contributed by atoms with Crippen LogP contribution in [0.15, 0.2) is 42.5 Å². The number of carbonyl (C=O) groups excluding carboxylic acids is 1. The Balaban J connectivity index is 1.88. The van der Waals surface area contributed by atoms with Crippen LogP contribution in [0.3, 0.4) is 0 Å². The van der Waals surface area contributed by atoms with E-state index >= 15 is 0 Å². The lowest BCUT2D eigenvalue weighted by atomic mass is 10.1. The fourth-order valence-corrected chi connectivity index (χ4v) is 2.81. The minimum atomic E-state index is -0.556. The average Bonchev–Trinajstić information content (AvgIpc) is 2.93. The van der Waals surface area contributed by atoms with Crippen LogP contribution in [-0.4, -0.2) is 24.0 Å². The molecule has 0 aromatic heterocycles. The van der Waals surface area contributed by atoms with E-state index in [1.54, 1.807) is 11.0 Å². The van der Waals surface area contributed by atoms with E-state index in [9.17, 15) is 9.18 Å². The van der Waals surface area contributed by atoms with Crippen LogP contribution in [0.4, 0.5) is 4.39 Å². The molecule has 126 valence electrons. The number of amides is 1. The van der Waals surface area contributed by atoms with Crippen molar-refractivity contribution in [3.05, 3.63) is 64.4 Å². The fraction of sp³-hybridized carbons (Fsp3) is 0.278. The van der Waals surface area contributed by atoms with Crippen LogP contribution in [0, 0.1) is 5.82 Å². The highest BCUT2D eigenvalue weighted by Gasteiger charge is 2.34. The maximum atomic E-state index is 13.6. The summed E-state index contributed by atoms with van der Waals surface area (Å²) in [5.41, 5.74) is 1.43. The number of para-hydroxylation sites is 1. The van der Waals surface area contributed by atoms with Gasteiger partial charge in [-0.1, -0.05) is 35.9 Å². The van der Waals surface area contributed by atoms with Crippen molar-refractivity contribution in [2.45, 2.75) is 19.7 Å². The number of halogens is 2. The highest BCUT2D eigenvalue weighted by molar-refractivity contribution is 6.30. The van der Waals surface area contributed by atoms with E-state index < -0.39 is 12.0 Å². The van der Waals surface area contributed by atoms with Gasteiger partial charge in [0, 0.05) is 12.1 Å². The third-order valence-electron chi connectivity index (χ3n) is 3.79. The fourth-order valence-electron chi connectivity index (χ4n) is 2.69. The van der Waals surface area contributed by atoms with Crippen LogP contribution in [0.1, 0.15) is 24.3 Å².